The lowest BCUT2D eigenvalue weighted by Crippen LogP contribution is -2.49. The molecule has 1 aromatic carbocycles. The maximum atomic E-state index is 13.1. The van der Waals surface area contributed by atoms with E-state index in [-0.39, 0.29) is 18.3 Å². The number of carbonyl (C=O) groups is 2. The van der Waals surface area contributed by atoms with Crippen LogP contribution >= 0.6 is 11.6 Å². The molecule has 9 nitrogen and oxygen atoms in total. The number of nitrogens with zero attached hydrogens (tertiary/aromatic N) is 1. The number of likely N-dealkylation sites (tertiary alicyclic amines) is 1. The van der Waals surface area contributed by atoms with E-state index in [0.29, 0.717) is 54.6 Å². The van der Waals surface area contributed by atoms with Gasteiger partial charge in [-0.05, 0) is 52.6 Å². The van der Waals surface area contributed by atoms with Crippen LogP contribution in [0.2, 0.25) is 5.02 Å². The molecular formula is C24H36ClN3O6. The summed E-state index contributed by atoms with van der Waals surface area (Å²) in [6.45, 7) is 8.92. The Bertz CT molecular complexity index is 894. The summed E-state index contributed by atoms with van der Waals surface area (Å²) in [5.41, 5.74) is 7.16. The Morgan fingerprint density at radius 2 is 2.09 bits per heavy atom. The minimum absolute atomic E-state index is 0.245. The highest BCUT2D eigenvalue weighted by Crippen LogP contribution is 2.44. The Kier molecular flexibility index (Phi) is 8.89. The number of nitrogens with two attached hydrogens (primary N) is 1. The van der Waals surface area contributed by atoms with E-state index in [2.05, 4.69) is 10.2 Å². The molecule has 2 aliphatic heterocycles. The van der Waals surface area contributed by atoms with E-state index in [0.717, 1.165) is 31.5 Å². The van der Waals surface area contributed by atoms with Crippen LogP contribution in [0.15, 0.2) is 6.07 Å². The molecule has 190 valence electrons. The predicted molar refractivity (Wildman–Crippen MR) is 130 cm³/mol. The molecule has 1 fully saturated rings. The largest absolute Gasteiger partial charge is 0.486 e. The van der Waals surface area contributed by atoms with Gasteiger partial charge in [-0.3, -0.25) is 0 Å². The fraction of sp³-hybridized carbons (Fsp3) is 0.667. The van der Waals surface area contributed by atoms with Crippen LogP contribution < -0.4 is 15.8 Å². The Labute approximate surface area is 206 Å². The molecule has 0 spiro atoms. The number of amides is 1. The van der Waals surface area contributed by atoms with Crippen molar-refractivity contribution >= 4 is 29.4 Å². The normalized spacial score (nSPS) is 21.4. The lowest BCUT2D eigenvalue weighted by atomic mass is 9.98. The number of fused-ring (bicyclic) bond motifs is 1. The van der Waals surface area contributed by atoms with E-state index in [1.54, 1.807) is 14.0 Å². The molecule has 1 aromatic rings. The maximum absolute atomic E-state index is 13.1. The monoisotopic (exact) mass is 497 g/mol. The summed E-state index contributed by atoms with van der Waals surface area (Å²) in [7, 11) is 1.63. The van der Waals surface area contributed by atoms with Gasteiger partial charge in [-0.25, -0.2) is 9.59 Å². The molecule has 0 saturated carbocycles. The number of ether oxygens (including phenoxy) is 4. The van der Waals surface area contributed by atoms with E-state index < -0.39 is 11.6 Å². The standard InChI is InChI=1S/C24H36ClN3O6/c1-5-32-23(30)27-9-6-7-10-28-11-8-18(19(14-28)31-4)33-22(29)15-12-17(25)20(26)16-13-24(2,3)34-21(15)16/h12,18-19H,5-11,13-14,26H2,1-4H3,(H,27,30). The second kappa shape index (κ2) is 11.5. The average Bonchev–Trinajstić information content (AvgIpc) is 3.12. The Morgan fingerprint density at radius 3 is 2.79 bits per heavy atom. The van der Waals surface area contributed by atoms with E-state index in [1.807, 2.05) is 13.8 Å². The van der Waals surface area contributed by atoms with Crippen molar-refractivity contribution < 1.29 is 28.5 Å². The third kappa shape index (κ3) is 6.46. The molecule has 10 heteroatoms. The van der Waals surface area contributed by atoms with Crippen molar-refractivity contribution in [2.75, 3.05) is 45.6 Å². The van der Waals surface area contributed by atoms with Crippen LogP contribution in [0.1, 0.15) is 56.0 Å². The van der Waals surface area contributed by atoms with Gasteiger partial charge in [0.25, 0.3) is 0 Å². The molecule has 2 heterocycles. The van der Waals surface area contributed by atoms with Crippen molar-refractivity contribution in [2.45, 2.75) is 64.3 Å². The third-order valence-corrected chi connectivity index (χ3v) is 6.48. The number of hydrogen-bond donors (Lipinski definition) is 2. The highest BCUT2D eigenvalue weighted by molar-refractivity contribution is 6.33. The van der Waals surface area contributed by atoms with Gasteiger partial charge in [0.15, 0.2) is 0 Å². The molecular weight excluding hydrogens is 462 g/mol. The molecule has 0 radical (unpaired) electrons. The van der Waals surface area contributed by atoms with Gasteiger partial charge in [-0.2, -0.15) is 0 Å². The highest BCUT2D eigenvalue weighted by Gasteiger charge is 2.38. The fourth-order valence-electron chi connectivity index (χ4n) is 4.44. The van der Waals surface area contributed by atoms with Crippen molar-refractivity contribution in [1.29, 1.82) is 0 Å². The van der Waals surface area contributed by atoms with Gasteiger partial charge >= 0.3 is 12.1 Å². The second-order valence-electron chi connectivity index (χ2n) is 9.33. The van der Waals surface area contributed by atoms with Crippen LogP contribution in [0.4, 0.5) is 10.5 Å². The van der Waals surface area contributed by atoms with Gasteiger partial charge in [0.1, 0.15) is 29.1 Å². The first-order valence-electron chi connectivity index (χ1n) is 11.8. The zero-order valence-electron chi connectivity index (χ0n) is 20.4. The number of piperidine rings is 1. The number of unbranched alkanes of at least 4 members (excludes halogenated alkanes) is 1. The number of methoxy groups -OCH3 is 1. The van der Waals surface area contributed by atoms with Crippen molar-refractivity contribution in [3.05, 3.63) is 22.2 Å². The van der Waals surface area contributed by atoms with Gasteiger partial charge in [-0.1, -0.05) is 11.6 Å². The van der Waals surface area contributed by atoms with Gasteiger partial charge in [0.05, 0.1) is 17.3 Å². The van der Waals surface area contributed by atoms with Gasteiger partial charge < -0.3 is 34.9 Å². The van der Waals surface area contributed by atoms with Crippen molar-refractivity contribution in [3.8, 4) is 5.75 Å². The number of alkyl carbamates (subject to hydrolysis) is 1. The topological polar surface area (TPSA) is 112 Å². The van der Waals surface area contributed by atoms with E-state index in [4.69, 9.17) is 36.3 Å². The number of anilines is 1. The number of nitrogens with one attached hydrogen (secondary N) is 1. The van der Waals surface area contributed by atoms with Gasteiger partial charge in [0, 0.05) is 38.7 Å². The molecule has 1 saturated heterocycles. The average molecular weight is 498 g/mol. The predicted octanol–water partition coefficient (Wildman–Crippen LogP) is 3.41. The van der Waals surface area contributed by atoms with E-state index in [9.17, 15) is 9.59 Å². The molecule has 2 atom stereocenters. The number of benzene rings is 1. The molecule has 1 amide bonds. The van der Waals surface area contributed by atoms with Crippen LogP contribution in [0.5, 0.6) is 5.75 Å². The van der Waals surface area contributed by atoms with Crippen molar-refractivity contribution in [1.82, 2.24) is 10.2 Å². The first kappa shape index (κ1) is 26.4. The van der Waals surface area contributed by atoms with Crippen LogP contribution in [0, 0.1) is 0 Å². The molecule has 0 bridgehead atoms. The summed E-state index contributed by atoms with van der Waals surface area (Å²) in [6, 6.07) is 1.53. The van der Waals surface area contributed by atoms with Gasteiger partial charge in [0.2, 0.25) is 0 Å². The Balaban J connectivity index is 1.54. The van der Waals surface area contributed by atoms with Crippen LogP contribution in [-0.2, 0) is 20.6 Å². The highest BCUT2D eigenvalue weighted by atomic mass is 35.5. The Morgan fingerprint density at radius 1 is 1.32 bits per heavy atom. The number of hydrogen-bond acceptors (Lipinski definition) is 8. The summed E-state index contributed by atoms with van der Waals surface area (Å²) in [5, 5.41) is 3.05. The second-order valence-corrected chi connectivity index (χ2v) is 9.73. The first-order valence-corrected chi connectivity index (χ1v) is 12.2. The molecule has 0 aromatic heterocycles. The maximum Gasteiger partial charge on any atom is 0.407 e. The first-order chi connectivity index (χ1) is 16.1. The SMILES string of the molecule is CCOC(=O)NCCCCN1CCC(OC(=O)c2cc(Cl)c(N)c3c2OC(C)(C)C3)C(OC)C1. The minimum Gasteiger partial charge on any atom is -0.486 e. The zero-order chi connectivity index (χ0) is 24.9. The summed E-state index contributed by atoms with van der Waals surface area (Å²) in [5.74, 6) is -0.0267. The number of nitrogen functional groups attached to an aromatic ring is 1. The molecule has 34 heavy (non-hydrogen) atoms. The van der Waals surface area contributed by atoms with Gasteiger partial charge in [-0.15, -0.1) is 0 Å². The quantitative estimate of drug-likeness (QED) is 0.303. The van der Waals surface area contributed by atoms with Crippen molar-refractivity contribution in [3.63, 3.8) is 0 Å². The van der Waals surface area contributed by atoms with Crippen LogP contribution in [-0.4, -0.2) is 74.7 Å². The fourth-order valence-corrected chi connectivity index (χ4v) is 4.66. The van der Waals surface area contributed by atoms with E-state index >= 15 is 0 Å². The number of carbonyl (C=O) groups excluding carboxylic acids is 2. The lowest BCUT2D eigenvalue weighted by molar-refractivity contribution is -0.0731. The Hall–Kier alpha value is -2.23. The molecule has 2 unspecified atom stereocenters. The summed E-state index contributed by atoms with van der Waals surface area (Å²) in [6.07, 6.45) is 2.00. The summed E-state index contributed by atoms with van der Waals surface area (Å²) in [4.78, 5) is 26.7. The molecule has 3 N–H and O–H groups in total. The summed E-state index contributed by atoms with van der Waals surface area (Å²) >= 11 is 6.31. The molecule has 0 aliphatic carbocycles. The zero-order valence-corrected chi connectivity index (χ0v) is 21.2. The third-order valence-electron chi connectivity index (χ3n) is 6.16. The molecule has 3 rings (SSSR count). The summed E-state index contributed by atoms with van der Waals surface area (Å²) < 4.78 is 22.4. The number of rotatable bonds is 9. The van der Waals surface area contributed by atoms with E-state index in [1.165, 1.54) is 6.07 Å². The minimum atomic E-state index is -0.485. The lowest BCUT2D eigenvalue weighted by Gasteiger charge is -2.37. The van der Waals surface area contributed by atoms with Crippen LogP contribution in [0.3, 0.4) is 0 Å². The smallest absolute Gasteiger partial charge is 0.407 e. The van der Waals surface area contributed by atoms with Crippen LogP contribution in [0.25, 0.3) is 0 Å². The molecule has 2 aliphatic rings. The number of esters is 1. The van der Waals surface area contributed by atoms with Crippen molar-refractivity contribution in [2.24, 2.45) is 0 Å². The number of halogens is 1.